The minimum atomic E-state index is -0.657. The van der Waals surface area contributed by atoms with Gasteiger partial charge in [-0.3, -0.25) is 4.79 Å². The number of hydrogen-bond donors (Lipinski definition) is 1. The average molecular weight is 270 g/mol. The maximum atomic E-state index is 10.3. The summed E-state index contributed by atoms with van der Waals surface area (Å²) in [6.07, 6.45) is 12.9. The lowest BCUT2D eigenvalue weighted by Crippen LogP contribution is -1.99. The molecule has 0 saturated heterocycles. The molecule has 0 aromatic carbocycles. The van der Waals surface area contributed by atoms with Crippen LogP contribution in [0.5, 0.6) is 0 Å². The van der Waals surface area contributed by atoms with Gasteiger partial charge in [-0.15, -0.1) is 0 Å². The van der Waals surface area contributed by atoms with Crippen molar-refractivity contribution in [3.05, 3.63) is 0 Å². The van der Waals surface area contributed by atoms with Crippen LogP contribution in [-0.2, 0) is 4.79 Å². The van der Waals surface area contributed by atoms with Crippen LogP contribution in [-0.4, -0.2) is 11.1 Å². The molecule has 0 saturated carbocycles. The van der Waals surface area contributed by atoms with Gasteiger partial charge >= 0.3 is 5.97 Å². The third-order valence-electron chi connectivity index (χ3n) is 3.71. The van der Waals surface area contributed by atoms with Crippen LogP contribution in [0.15, 0.2) is 0 Å². The summed E-state index contributed by atoms with van der Waals surface area (Å²) in [6.45, 7) is 6.99. The fraction of sp³-hybridized carbons (Fsp3) is 0.941. The van der Waals surface area contributed by atoms with Crippen LogP contribution in [0.4, 0.5) is 0 Å². The molecule has 2 heteroatoms. The van der Waals surface area contributed by atoms with E-state index in [0.29, 0.717) is 6.42 Å². The van der Waals surface area contributed by atoms with Crippen molar-refractivity contribution >= 4 is 5.97 Å². The van der Waals surface area contributed by atoms with E-state index in [1.807, 2.05) is 0 Å². The zero-order valence-corrected chi connectivity index (χ0v) is 13.3. The van der Waals surface area contributed by atoms with Crippen LogP contribution in [0.3, 0.4) is 0 Å². The largest absolute Gasteiger partial charge is 0.481 e. The highest BCUT2D eigenvalue weighted by atomic mass is 16.4. The van der Waals surface area contributed by atoms with Gasteiger partial charge in [-0.25, -0.2) is 0 Å². The van der Waals surface area contributed by atoms with Crippen molar-refractivity contribution in [2.45, 2.75) is 91.4 Å². The Balaban J connectivity index is 3.12. The summed E-state index contributed by atoms with van der Waals surface area (Å²) in [5, 5.41) is 8.51. The molecular weight excluding hydrogens is 236 g/mol. The minimum Gasteiger partial charge on any atom is -0.481 e. The van der Waals surface area contributed by atoms with Gasteiger partial charge in [0.05, 0.1) is 0 Å². The highest BCUT2D eigenvalue weighted by Gasteiger charge is 2.04. The zero-order valence-electron chi connectivity index (χ0n) is 13.3. The summed E-state index contributed by atoms with van der Waals surface area (Å²) in [5.41, 5.74) is 0. The summed E-state index contributed by atoms with van der Waals surface area (Å²) in [7, 11) is 0. The van der Waals surface area contributed by atoms with E-state index >= 15 is 0 Å². The second-order valence-corrected chi connectivity index (χ2v) is 6.50. The topological polar surface area (TPSA) is 37.3 Å². The molecule has 0 radical (unpaired) electrons. The number of carbonyl (C=O) groups is 1. The monoisotopic (exact) mass is 270 g/mol. The van der Waals surface area contributed by atoms with Crippen molar-refractivity contribution in [3.8, 4) is 0 Å². The van der Waals surface area contributed by atoms with E-state index in [0.717, 1.165) is 24.7 Å². The second kappa shape index (κ2) is 12.5. The van der Waals surface area contributed by atoms with Gasteiger partial charge in [0.1, 0.15) is 0 Å². The van der Waals surface area contributed by atoms with Gasteiger partial charge in [0.2, 0.25) is 0 Å². The lowest BCUT2D eigenvalue weighted by Gasteiger charge is -2.13. The molecule has 114 valence electrons. The Bertz CT molecular complexity index is 211. The van der Waals surface area contributed by atoms with Crippen LogP contribution in [0, 0.1) is 11.8 Å². The Morgan fingerprint density at radius 3 is 1.79 bits per heavy atom. The van der Waals surface area contributed by atoms with Crippen LogP contribution in [0.2, 0.25) is 0 Å². The number of hydrogen-bond acceptors (Lipinski definition) is 1. The highest BCUT2D eigenvalue weighted by molar-refractivity contribution is 5.66. The normalized spacial score (nSPS) is 12.8. The van der Waals surface area contributed by atoms with Gasteiger partial charge in [-0.1, -0.05) is 72.1 Å². The molecule has 0 amide bonds. The molecule has 0 aromatic rings. The van der Waals surface area contributed by atoms with Crippen LogP contribution in [0.25, 0.3) is 0 Å². The Hall–Kier alpha value is -0.530. The lowest BCUT2D eigenvalue weighted by atomic mass is 9.93. The summed E-state index contributed by atoms with van der Waals surface area (Å²) < 4.78 is 0. The fourth-order valence-electron chi connectivity index (χ4n) is 2.75. The maximum Gasteiger partial charge on any atom is 0.303 e. The molecule has 2 nitrogen and oxygen atoms in total. The first kappa shape index (κ1) is 18.5. The van der Waals surface area contributed by atoms with Gasteiger partial charge < -0.3 is 5.11 Å². The molecule has 1 atom stereocenters. The predicted molar refractivity (Wildman–Crippen MR) is 82.4 cm³/mol. The first-order valence-electron chi connectivity index (χ1n) is 8.24. The van der Waals surface area contributed by atoms with Crippen LogP contribution in [0.1, 0.15) is 91.4 Å². The first-order valence-corrected chi connectivity index (χ1v) is 8.24. The summed E-state index contributed by atoms with van der Waals surface area (Å²) in [6, 6.07) is 0. The smallest absolute Gasteiger partial charge is 0.303 e. The molecule has 0 spiro atoms. The molecule has 19 heavy (non-hydrogen) atoms. The number of carboxylic acids is 1. The molecule has 1 N–H and O–H groups in total. The molecular formula is C17H34O2. The van der Waals surface area contributed by atoms with Crippen LogP contribution < -0.4 is 0 Å². The van der Waals surface area contributed by atoms with Crippen molar-refractivity contribution in [2.75, 3.05) is 0 Å². The second-order valence-electron chi connectivity index (χ2n) is 6.50. The van der Waals surface area contributed by atoms with Gasteiger partial charge in [-0.05, 0) is 24.7 Å². The molecule has 0 heterocycles. The van der Waals surface area contributed by atoms with E-state index in [4.69, 9.17) is 5.11 Å². The number of unbranched alkanes of at least 4 members (excludes halogenated alkanes) is 7. The summed E-state index contributed by atoms with van der Waals surface area (Å²) in [4.78, 5) is 10.3. The molecule has 0 aromatic heterocycles. The quantitative estimate of drug-likeness (QED) is 0.439. The van der Waals surface area contributed by atoms with Gasteiger partial charge in [0.25, 0.3) is 0 Å². The SMILES string of the molecule is CC(C)CC(C)CCCCCCCCCCC(=O)O. The minimum absolute atomic E-state index is 0.341. The average Bonchev–Trinajstić information content (AvgIpc) is 2.30. The molecule has 0 fully saturated rings. The number of carboxylic acid groups (broad SMARTS) is 1. The van der Waals surface area contributed by atoms with Crippen LogP contribution >= 0.6 is 0 Å². The van der Waals surface area contributed by atoms with E-state index in [1.54, 1.807) is 0 Å². The first-order chi connectivity index (χ1) is 9.02. The van der Waals surface area contributed by atoms with Crippen molar-refractivity contribution in [1.82, 2.24) is 0 Å². The molecule has 0 bridgehead atoms. The summed E-state index contributed by atoms with van der Waals surface area (Å²) >= 11 is 0. The Labute approximate surface area is 120 Å². The van der Waals surface area contributed by atoms with Crippen molar-refractivity contribution in [3.63, 3.8) is 0 Å². The third-order valence-corrected chi connectivity index (χ3v) is 3.71. The Morgan fingerprint density at radius 1 is 0.842 bits per heavy atom. The standard InChI is InChI=1S/C17H34O2/c1-15(2)14-16(3)12-10-8-6-4-5-7-9-11-13-17(18)19/h15-16H,4-14H2,1-3H3,(H,18,19). The molecule has 1 unspecified atom stereocenters. The third kappa shape index (κ3) is 15.4. The molecule has 0 aliphatic heterocycles. The highest BCUT2D eigenvalue weighted by Crippen LogP contribution is 2.18. The molecule has 0 rings (SSSR count). The van der Waals surface area contributed by atoms with Crippen molar-refractivity contribution < 1.29 is 9.90 Å². The number of aliphatic carboxylic acids is 1. The number of rotatable bonds is 13. The van der Waals surface area contributed by atoms with E-state index in [-0.39, 0.29) is 0 Å². The van der Waals surface area contributed by atoms with E-state index in [2.05, 4.69) is 20.8 Å². The van der Waals surface area contributed by atoms with E-state index in [1.165, 1.54) is 51.4 Å². The van der Waals surface area contributed by atoms with Crippen molar-refractivity contribution in [1.29, 1.82) is 0 Å². The molecule has 0 aliphatic rings. The van der Waals surface area contributed by atoms with E-state index < -0.39 is 5.97 Å². The van der Waals surface area contributed by atoms with Gasteiger partial charge in [0.15, 0.2) is 0 Å². The lowest BCUT2D eigenvalue weighted by molar-refractivity contribution is -0.137. The summed E-state index contributed by atoms with van der Waals surface area (Å²) in [5.74, 6) is 1.06. The predicted octanol–water partition coefficient (Wildman–Crippen LogP) is 5.65. The van der Waals surface area contributed by atoms with Gasteiger partial charge in [-0.2, -0.15) is 0 Å². The molecule has 0 aliphatic carbocycles. The maximum absolute atomic E-state index is 10.3. The Morgan fingerprint density at radius 2 is 1.32 bits per heavy atom. The Kier molecular flexibility index (Phi) is 12.2. The zero-order chi connectivity index (χ0) is 14.5. The van der Waals surface area contributed by atoms with E-state index in [9.17, 15) is 4.79 Å². The van der Waals surface area contributed by atoms with Crippen molar-refractivity contribution in [2.24, 2.45) is 11.8 Å². The van der Waals surface area contributed by atoms with Gasteiger partial charge in [0, 0.05) is 6.42 Å². The fourth-order valence-corrected chi connectivity index (χ4v) is 2.75.